The van der Waals surface area contributed by atoms with Gasteiger partial charge in [-0.15, -0.1) is 0 Å². The molecule has 0 saturated heterocycles. The minimum absolute atomic E-state index is 0.189. The van der Waals surface area contributed by atoms with Crippen molar-refractivity contribution >= 4 is 33.1 Å². The summed E-state index contributed by atoms with van der Waals surface area (Å²) >= 11 is 0. The summed E-state index contributed by atoms with van der Waals surface area (Å²) < 4.78 is 0. The summed E-state index contributed by atoms with van der Waals surface area (Å²) in [5, 5.41) is 15.2. The second-order valence-electron chi connectivity index (χ2n) is 7.88. The zero-order valence-electron chi connectivity index (χ0n) is 16.7. The molecule has 31 heavy (non-hydrogen) atoms. The van der Waals surface area contributed by atoms with Gasteiger partial charge in [-0.25, -0.2) is 0 Å². The number of carbonyl (C=O) groups is 1. The first-order chi connectivity index (χ1) is 15.2. The summed E-state index contributed by atoms with van der Waals surface area (Å²) in [6, 6.07) is 33.8. The van der Waals surface area contributed by atoms with Crippen molar-refractivity contribution < 1.29 is 9.90 Å². The van der Waals surface area contributed by atoms with Crippen molar-refractivity contribution in [1.82, 2.24) is 0 Å². The van der Waals surface area contributed by atoms with Crippen molar-refractivity contribution in [2.45, 2.75) is 6.23 Å². The second-order valence-corrected chi connectivity index (χ2v) is 7.88. The summed E-state index contributed by atoms with van der Waals surface area (Å²) in [4.78, 5) is 15.1. The maximum Gasteiger partial charge on any atom is 0.261 e. The first kappa shape index (κ1) is 17.9. The van der Waals surface area contributed by atoms with Crippen molar-refractivity contribution in [2.24, 2.45) is 0 Å². The maximum atomic E-state index is 13.6. The normalized spacial score (nSPS) is 15.6. The van der Waals surface area contributed by atoms with Crippen molar-refractivity contribution in [3.8, 4) is 11.1 Å². The van der Waals surface area contributed by atoms with Crippen LogP contribution in [0.25, 0.3) is 32.7 Å². The Morgan fingerprint density at radius 1 is 0.677 bits per heavy atom. The van der Waals surface area contributed by atoms with Crippen LogP contribution in [0.3, 0.4) is 0 Å². The summed E-state index contributed by atoms with van der Waals surface area (Å²) in [6.07, 6.45) is -1.05. The van der Waals surface area contributed by atoms with E-state index in [9.17, 15) is 9.90 Å². The molecule has 0 aliphatic carbocycles. The van der Waals surface area contributed by atoms with Gasteiger partial charge in [0.25, 0.3) is 5.91 Å². The molecule has 1 aliphatic heterocycles. The molecular weight excluding hydrogens is 382 g/mol. The van der Waals surface area contributed by atoms with E-state index in [1.165, 1.54) is 4.90 Å². The highest BCUT2D eigenvalue weighted by Crippen LogP contribution is 2.42. The number of fused-ring (bicyclic) bond motifs is 1. The molecule has 1 unspecified atom stereocenters. The topological polar surface area (TPSA) is 40.5 Å². The molecule has 0 radical (unpaired) electrons. The summed E-state index contributed by atoms with van der Waals surface area (Å²) in [6.45, 7) is 0. The van der Waals surface area contributed by atoms with Crippen LogP contribution in [0.4, 0.5) is 5.69 Å². The molecule has 0 spiro atoms. The van der Waals surface area contributed by atoms with Gasteiger partial charge in [0, 0.05) is 22.2 Å². The van der Waals surface area contributed by atoms with Crippen molar-refractivity contribution in [1.29, 1.82) is 0 Å². The van der Waals surface area contributed by atoms with Gasteiger partial charge >= 0.3 is 0 Å². The zero-order valence-corrected chi connectivity index (χ0v) is 16.7. The van der Waals surface area contributed by atoms with Gasteiger partial charge < -0.3 is 5.11 Å². The van der Waals surface area contributed by atoms with Crippen LogP contribution in [0.2, 0.25) is 0 Å². The number of aliphatic hydroxyl groups excluding tert-OH is 1. The number of hydrogen-bond acceptors (Lipinski definition) is 2. The minimum Gasteiger partial charge on any atom is -0.369 e. The minimum atomic E-state index is -1.05. The number of nitrogens with zero attached hydrogens (tertiary/aromatic N) is 1. The first-order valence-electron chi connectivity index (χ1n) is 10.3. The Balaban J connectivity index is 1.55. The zero-order chi connectivity index (χ0) is 20.9. The van der Waals surface area contributed by atoms with Crippen LogP contribution < -0.4 is 4.90 Å². The van der Waals surface area contributed by atoms with E-state index in [1.54, 1.807) is 0 Å². The van der Waals surface area contributed by atoms with Crippen molar-refractivity contribution in [3.63, 3.8) is 0 Å². The van der Waals surface area contributed by atoms with Gasteiger partial charge in [0.15, 0.2) is 6.23 Å². The Hall–Kier alpha value is -3.95. The standard InChI is InChI=1S/C28H19NO2/c30-27-24-12-6-11-23-22(19-8-2-1-3-9-19)15-16-25(26(23)24)28(31)29(27)21-14-13-18-7-4-5-10-20(18)17-21/h1-17,27,30H. The Morgan fingerprint density at radius 3 is 2.26 bits per heavy atom. The Bertz CT molecular complexity index is 1470. The van der Waals surface area contributed by atoms with Gasteiger partial charge in [-0.3, -0.25) is 9.69 Å². The van der Waals surface area contributed by atoms with Crippen LogP contribution in [0.1, 0.15) is 22.1 Å². The molecule has 1 amide bonds. The van der Waals surface area contributed by atoms with E-state index >= 15 is 0 Å². The first-order valence-corrected chi connectivity index (χ1v) is 10.3. The Kier molecular flexibility index (Phi) is 3.92. The summed E-state index contributed by atoms with van der Waals surface area (Å²) in [5.41, 5.74) is 4.19. The van der Waals surface area contributed by atoms with Crippen LogP contribution in [-0.2, 0) is 0 Å². The lowest BCUT2D eigenvalue weighted by Gasteiger charge is -2.34. The highest BCUT2D eigenvalue weighted by molar-refractivity contribution is 6.20. The number of hydrogen-bond donors (Lipinski definition) is 1. The lowest BCUT2D eigenvalue weighted by molar-refractivity contribution is 0.0879. The van der Waals surface area contributed by atoms with Crippen LogP contribution in [0.15, 0.2) is 103 Å². The van der Waals surface area contributed by atoms with Gasteiger partial charge in [0.2, 0.25) is 0 Å². The number of rotatable bonds is 2. The molecule has 1 aliphatic rings. The summed E-state index contributed by atoms with van der Waals surface area (Å²) in [7, 11) is 0. The fourth-order valence-corrected chi connectivity index (χ4v) is 4.66. The Morgan fingerprint density at radius 2 is 1.42 bits per heavy atom. The average molecular weight is 401 g/mol. The number of aliphatic hydroxyl groups is 1. The largest absolute Gasteiger partial charge is 0.369 e. The highest BCUT2D eigenvalue weighted by atomic mass is 16.3. The lowest BCUT2D eigenvalue weighted by atomic mass is 9.88. The molecule has 5 aromatic rings. The third-order valence-corrected chi connectivity index (χ3v) is 6.14. The molecule has 0 saturated carbocycles. The van der Waals surface area contributed by atoms with Gasteiger partial charge in [0.05, 0.1) is 0 Å². The van der Waals surface area contributed by atoms with E-state index in [-0.39, 0.29) is 5.91 Å². The molecule has 6 rings (SSSR count). The van der Waals surface area contributed by atoms with Gasteiger partial charge in [-0.2, -0.15) is 0 Å². The van der Waals surface area contributed by atoms with E-state index in [4.69, 9.17) is 0 Å². The quantitative estimate of drug-likeness (QED) is 0.376. The molecule has 1 N–H and O–H groups in total. The Labute approximate surface area is 179 Å². The molecule has 1 heterocycles. The van der Waals surface area contributed by atoms with Crippen molar-refractivity contribution in [2.75, 3.05) is 4.90 Å². The predicted octanol–water partition coefficient (Wildman–Crippen LogP) is 6.31. The van der Waals surface area contributed by atoms with Crippen LogP contribution in [0, 0.1) is 0 Å². The molecule has 3 heteroatoms. The second kappa shape index (κ2) is 6.79. The number of carbonyl (C=O) groups excluding carboxylic acids is 1. The fourth-order valence-electron chi connectivity index (χ4n) is 4.66. The van der Waals surface area contributed by atoms with Crippen LogP contribution in [-0.4, -0.2) is 11.0 Å². The third-order valence-electron chi connectivity index (χ3n) is 6.14. The molecule has 5 aromatic carbocycles. The van der Waals surface area contributed by atoms with Gasteiger partial charge in [0.1, 0.15) is 0 Å². The van der Waals surface area contributed by atoms with Crippen LogP contribution >= 0.6 is 0 Å². The third kappa shape index (κ3) is 2.68. The smallest absolute Gasteiger partial charge is 0.261 e. The maximum absolute atomic E-state index is 13.6. The summed E-state index contributed by atoms with van der Waals surface area (Å²) in [5.74, 6) is -0.189. The van der Waals surface area contributed by atoms with E-state index in [2.05, 4.69) is 12.1 Å². The van der Waals surface area contributed by atoms with E-state index < -0.39 is 6.23 Å². The number of anilines is 1. The van der Waals surface area contributed by atoms with Crippen molar-refractivity contribution in [3.05, 3.63) is 114 Å². The molecule has 0 bridgehead atoms. The number of benzene rings is 5. The average Bonchev–Trinajstić information content (AvgIpc) is 2.83. The van der Waals surface area contributed by atoms with Gasteiger partial charge in [-0.1, -0.05) is 84.9 Å². The van der Waals surface area contributed by atoms with E-state index in [0.717, 1.165) is 38.2 Å². The van der Waals surface area contributed by atoms with E-state index in [1.807, 2.05) is 91.0 Å². The van der Waals surface area contributed by atoms with Gasteiger partial charge in [-0.05, 0) is 45.5 Å². The molecule has 148 valence electrons. The number of amides is 1. The highest BCUT2D eigenvalue weighted by Gasteiger charge is 2.34. The fraction of sp³-hybridized carbons (Fsp3) is 0.0357. The molecule has 0 fully saturated rings. The lowest BCUT2D eigenvalue weighted by Crippen LogP contribution is -2.38. The molecular formula is C28H19NO2. The van der Waals surface area contributed by atoms with Crippen LogP contribution in [0.5, 0.6) is 0 Å². The van der Waals surface area contributed by atoms with E-state index in [0.29, 0.717) is 11.3 Å². The molecule has 0 aromatic heterocycles. The molecule has 1 atom stereocenters. The SMILES string of the molecule is O=C1c2ccc(-c3ccccc3)c3cccc(c23)C(O)N1c1ccc2ccccc2c1. The monoisotopic (exact) mass is 401 g/mol. The molecule has 3 nitrogen and oxygen atoms in total. The predicted molar refractivity (Wildman–Crippen MR) is 125 cm³/mol.